The van der Waals surface area contributed by atoms with E-state index in [-0.39, 0.29) is 31.4 Å². The van der Waals surface area contributed by atoms with Gasteiger partial charge in [0.1, 0.15) is 6.04 Å². The van der Waals surface area contributed by atoms with Gasteiger partial charge in [-0.2, -0.15) is 0 Å². The molecular weight excluding hydrogens is 358 g/mol. The van der Waals surface area contributed by atoms with Crippen molar-refractivity contribution >= 4 is 5.78 Å². The summed E-state index contributed by atoms with van der Waals surface area (Å²) in [6.07, 6.45) is 1.69. The second kappa shape index (κ2) is 5.29. The molecule has 6 rings (SSSR count). The molecule has 3 fully saturated rings. The summed E-state index contributed by atoms with van der Waals surface area (Å²) in [4.78, 5) is 12.9. The Balaban J connectivity index is 0.00000171. The Kier molecular flexibility index (Phi) is 3.48. The lowest BCUT2D eigenvalue weighted by molar-refractivity contribution is -0.951. The molecule has 1 aromatic carbocycles. The summed E-state index contributed by atoms with van der Waals surface area (Å²) in [7, 11) is 2.20. The molecule has 5 aliphatic rings. The standard InChI is InChI=1S/C21H25NO5.CH3/c1-22(10-11-2-3-11)7-6-20-17-12-4-5-13(23)18(17)27-19(20)14(24)9-16(25)21(20,26)15(22)8-12;/h4-5,11,15-16,19,25-26H,2-3,6-10H2,1H3;1H3/q;-1/p+1/t15-,16?,19+,20+,21+,22-;/m1./s1. The van der Waals surface area contributed by atoms with Crippen LogP contribution in [0.15, 0.2) is 12.1 Å². The molecule has 0 radical (unpaired) electrons. The number of phenols is 1. The Morgan fingerprint density at radius 3 is 2.75 bits per heavy atom. The number of quaternary nitrogens is 1. The number of phenolic OH excluding ortho intramolecular Hbond substituents is 1. The predicted octanol–water partition coefficient (Wildman–Crippen LogP) is 1.09. The lowest BCUT2D eigenvalue weighted by Gasteiger charge is -2.65. The first-order valence-electron chi connectivity index (χ1n) is 10.1. The molecule has 1 unspecified atom stereocenters. The van der Waals surface area contributed by atoms with Crippen LogP contribution in [-0.4, -0.2) is 69.6 Å². The van der Waals surface area contributed by atoms with E-state index in [9.17, 15) is 20.1 Å². The zero-order valence-electron chi connectivity index (χ0n) is 16.5. The highest BCUT2D eigenvalue weighted by Gasteiger charge is 2.79. The maximum absolute atomic E-state index is 12.9. The van der Waals surface area contributed by atoms with Crippen molar-refractivity contribution in [1.82, 2.24) is 0 Å². The van der Waals surface area contributed by atoms with Crippen molar-refractivity contribution in [3.63, 3.8) is 0 Å². The summed E-state index contributed by atoms with van der Waals surface area (Å²) < 4.78 is 6.75. The van der Waals surface area contributed by atoms with Gasteiger partial charge in [0.2, 0.25) is 0 Å². The molecule has 2 saturated carbocycles. The number of nitrogens with zero attached hydrogens (tertiary/aromatic N) is 1. The zero-order chi connectivity index (χ0) is 18.8. The fraction of sp³-hybridized carbons (Fsp3) is 0.636. The molecule has 2 heterocycles. The number of carbonyl (C=O) groups is 1. The highest BCUT2D eigenvalue weighted by atomic mass is 16.5. The number of likely N-dealkylation sites (N-methyl/N-ethyl adjacent to an activating group) is 1. The predicted molar refractivity (Wildman–Crippen MR) is 102 cm³/mol. The first-order valence-corrected chi connectivity index (χ1v) is 10.1. The monoisotopic (exact) mass is 387 g/mol. The van der Waals surface area contributed by atoms with Crippen LogP contribution in [0.3, 0.4) is 0 Å². The summed E-state index contributed by atoms with van der Waals surface area (Å²) in [5.41, 5.74) is -0.549. The van der Waals surface area contributed by atoms with Crippen molar-refractivity contribution in [3.8, 4) is 11.5 Å². The van der Waals surface area contributed by atoms with Crippen LogP contribution in [0.4, 0.5) is 0 Å². The van der Waals surface area contributed by atoms with Crippen LogP contribution in [0.2, 0.25) is 0 Å². The van der Waals surface area contributed by atoms with Gasteiger partial charge in [-0.15, -0.1) is 0 Å². The topological polar surface area (TPSA) is 87.0 Å². The van der Waals surface area contributed by atoms with Crippen LogP contribution >= 0.6 is 0 Å². The number of aromatic hydroxyl groups is 1. The van der Waals surface area contributed by atoms with Crippen LogP contribution in [0.25, 0.3) is 0 Å². The molecule has 28 heavy (non-hydrogen) atoms. The molecule has 2 bridgehead atoms. The SMILES string of the molecule is C[N@+]1(CC2CC2)CC[C@]23c4c5ccc(O)c4O[C@H]2C(=O)CC(O)[C@@]3(O)[C@H]1C5.[CH3-]. The van der Waals surface area contributed by atoms with Crippen molar-refractivity contribution in [1.29, 1.82) is 0 Å². The number of benzene rings is 1. The van der Waals surface area contributed by atoms with Crippen molar-refractivity contribution in [3.05, 3.63) is 30.7 Å². The van der Waals surface area contributed by atoms with Gasteiger partial charge in [0.15, 0.2) is 29.0 Å². The number of rotatable bonds is 2. The number of hydrogen-bond acceptors (Lipinski definition) is 5. The van der Waals surface area contributed by atoms with Crippen LogP contribution in [-0.2, 0) is 16.6 Å². The molecule has 152 valence electrons. The summed E-state index contributed by atoms with van der Waals surface area (Å²) in [6.45, 7) is 1.85. The van der Waals surface area contributed by atoms with Crippen molar-refractivity contribution < 1.29 is 29.3 Å². The third kappa shape index (κ3) is 1.83. The summed E-state index contributed by atoms with van der Waals surface area (Å²) in [6, 6.07) is 3.37. The number of aliphatic hydroxyl groups is 2. The minimum atomic E-state index is -1.42. The number of likely N-dealkylation sites (tertiary alicyclic amines) is 1. The van der Waals surface area contributed by atoms with E-state index in [2.05, 4.69) is 7.05 Å². The molecular formula is C22H29NO5. The van der Waals surface area contributed by atoms with Crippen molar-refractivity contribution in [2.45, 2.75) is 61.4 Å². The van der Waals surface area contributed by atoms with Gasteiger partial charge in [0.05, 0.1) is 31.7 Å². The number of carbonyl (C=O) groups excluding carboxylic acids is 1. The molecule has 1 spiro atoms. The number of Topliss-reactive ketones (excluding diaryl/α,β-unsaturated/α-hetero) is 1. The summed E-state index contributed by atoms with van der Waals surface area (Å²) in [5, 5.41) is 33.6. The number of ketones is 1. The second-order valence-corrected chi connectivity index (χ2v) is 9.73. The van der Waals surface area contributed by atoms with Gasteiger partial charge in [-0.1, -0.05) is 6.07 Å². The van der Waals surface area contributed by atoms with Gasteiger partial charge in [-0.05, 0) is 24.5 Å². The van der Waals surface area contributed by atoms with E-state index in [4.69, 9.17) is 4.74 Å². The van der Waals surface area contributed by atoms with E-state index < -0.39 is 23.2 Å². The minimum absolute atomic E-state index is 0. The van der Waals surface area contributed by atoms with Gasteiger partial charge in [0.25, 0.3) is 0 Å². The molecule has 3 aliphatic carbocycles. The molecule has 0 amide bonds. The van der Waals surface area contributed by atoms with Gasteiger partial charge in [-0.25, -0.2) is 0 Å². The lowest BCUT2D eigenvalue weighted by Crippen LogP contribution is -2.84. The second-order valence-electron chi connectivity index (χ2n) is 9.73. The maximum atomic E-state index is 12.9. The van der Waals surface area contributed by atoms with E-state index in [0.29, 0.717) is 24.5 Å². The maximum Gasteiger partial charge on any atom is 0.177 e. The number of hydrogen-bond donors (Lipinski definition) is 3. The first-order chi connectivity index (χ1) is 12.8. The Morgan fingerprint density at radius 2 is 2.04 bits per heavy atom. The molecule has 3 N–H and O–H groups in total. The van der Waals surface area contributed by atoms with E-state index in [1.54, 1.807) is 6.07 Å². The van der Waals surface area contributed by atoms with Crippen LogP contribution in [0, 0.1) is 13.3 Å². The van der Waals surface area contributed by atoms with Gasteiger partial charge >= 0.3 is 0 Å². The average molecular weight is 387 g/mol. The van der Waals surface area contributed by atoms with Crippen LogP contribution < -0.4 is 4.74 Å². The fourth-order valence-corrected chi connectivity index (χ4v) is 6.97. The highest BCUT2D eigenvalue weighted by Crippen LogP contribution is 2.65. The first kappa shape index (κ1) is 18.4. The smallest absolute Gasteiger partial charge is 0.177 e. The minimum Gasteiger partial charge on any atom is -0.504 e. The van der Waals surface area contributed by atoms with E-state index in [1.807, 2.05) is 6.07 Å². The Morgan fingerprint density at radius 1 is 1.29 bits per heavy atom. The number of aliphatic hydroxyl groups excluding tert-OH is 1. The largest absolute Gasteiger partial charge is 0.504 e. The van der Waals surface area contributed by atoms with Gasteiger partial charge in [0, 0.05) is 30.7 Å². The zero-order valence-corrected chi connectivity index (χ0v) is 16.5. The quantitative estimate of drug-likeness (QED) is 0.522. The number of piperidine rings is 1. The third-order valence-corrected chi connectivity index (χ3v) is 8.33. The molecule has 1 aromatic rings. The summed E-state index contributed by atoms with van der Waals surface area (Å²) in [5.74, 6) is 0.881. The molecule has 6 atom stereocenters. The molecule has 6 heteroatoms. The Labute approximate surface area is 165 Å². The third-order valence-electron chi connectivity index (χ3n) is 8.33. The van der Waals surface area contributed by atoms with Crippen LogP contribution in [0.1, 0.15) is 36.8 Å². The van der Waals surface area contributed by atoms with Crippen molar-refractivity contribution in [2.24, 2.45) is 5.92 Å². The lowest BCUT2D eigenvalue weighted by atomic mass is 9.47. The normalized spacial score (nSPS) is 45.1. The number of ether oxygens (including phenoxy) is 1. The van der Waals surface area contributed by atoms with E-state index >= 15 is 0 Å². The van der Waals surface area contributed by atoms with E-state index in [0.717, 1.165) is 28.7 Å². The fourth-order valence-electron chi connectivity index (χ4n) is 6.97. The van der Waals surface area contributed by atoms with Gasteiger partial charge in [-0.3, -0.25) is 4.79 Å². The van der Waals surface area contributed by atoms with Crippen molar-refractivity contribution in [2.75, 3.05) is 20.1 Å². The molecule has 1 saturated heterocycles. The highest BCUT2D eigenvalue weighted by molar-refractivity contribution is 5.90. The Bertz CT molecular complexity index is 882. The Hall–Kier alpha value is -1.63. The molecule has 2 aliphatic heterocycles. The average Bonchev–Trinajstić information content (AvgIpc) is 3.34. The molecule has 0 aromatic heterocycles. The van der Waals surface area contributed by atoms with Crippen LogP contribution in [0.5, 0.6) is 11.5 Å². The summed E-state index contributed by atoms with van der Waals surface area (Å²) >= 11 is 0. The molecule has 6 nitrogen and oxygen atoms in total. The van der Waals surface area contributed by atoms with E-state index in [1.165, 1.54) is 12.8 Å². The van der Waals surface area contributed by atoms with Gasteiger partial charge < -0.3 is 32.0 Å².